The van der Waals surface area contributed by atoms with E-state index in [1.807, 2.05) is 13.1 Å². The highest BCUT2D eigenvalue weighted by Gasteiger charge is 2.36. The first-order valence-electron chi connectivity index (χ1n) is 6.56. The Labute approximate surface area is 118 Å². The summed E-state index contributed by atoms with van der Waals surface area (Å²) in [6, 6.07) is 1.51. The Bertz CT molecular complexity index is 482. The molecule has 1 aromatic heterocycles. The molecule has 0 aliphatic carbocycles. The van der Waals surface area contributed by atoms with Crippen molar-refractivity contribution in [3.63, 3.8) is 0 Å². The van der Waals surface area contributed by atoms with Gasteiger partial charge in [0, 0.05) is 38.4 Å². The number of carbonyl (C=O) groups excluding carboxylic acids is 1. The fourth-order valence-electron chi connectivity index (χ4n) is 1.95. The summed E-state index contributed by atoms with van der Waals surface area (Å²) in [7, 11) is 1.84. The number of urea groups is 1. The third-order valence-corrected chi connectivity index (χ3v) is 3.34. The number of aliphatic carboxylic acids is 1. The van der Waals surface area contributed by atoms with E-state index in [1.165, 1.54) is 18.7 Å². The van der Waals surface area contributed by atoms with Gasteiger partial charge in [-0.3, -0.25) is 4.68 Å². The van der Waals surface area contributed by atoms with Gasteiger partial charge in [-0.1, -0.05) is 0 Å². The lowest BCUT2D eigenvalue weighted by Gasteiger charge is -2.34. The van der Waals surface area contributed by atoms with Crippen LogP contribution in [-0.2, 0) is 18.3 Å². The van der Waals surface area contributed by atoms with Crippen molar-refractivity contribution in [3.8, 4) is 0 Å². The van der Waals surface area contributed by atoms with Crippen LogP contribution in [-0.4, -0.2) is 50.4 Å². The fraction of sp³-hybridized carbons (Fsp3) is 0.615. The van der Waals surface area contributed by atoms with Gasteiger partial charge in [0.15, 0.2) is 0 Å². The van der Waals surface area contributed by atoms with Crippen molar-refractivity contribution in [2.45, 2.75) is 32.7 Å². The number of rotatable bonds is 6. The van der Waals surface area contributed by atoms with Crippen molar-refractivity contribution in [3.05, 3.63) is 18.0 Å². The number of aryl methyl sites for hydroxylation is 1. The second-order valence-electron chi connectivity index (χ2n) is 5.04. The number of carbonyl (C=O) groups is 2. The number of carboxylic acid groups (broad SMARTS) is 1. The first kappa shape index (κ1) is 16.0. The van der Waals surface area contributed by atoms with E-state index in [1.54, 1.807) is 17.8 Å². The molecule has 0 radical (unpaired) electrons. The van der Waals surface area contributed by atoms with E-state index in [9.17, 15) is 14.7 Å². The molecule has 7 nitrogen and oxygen atoms in total. The van der Waals surface area contributed by atoms with Crippen LogP contribution < -0.4 is 5.32 Å². The molecule has 0 bridgehead atoms. The number of aromatic nitrogens is 2. The molecule has 112 valence electrons. The van der Waals surface area contributed by atoms with Crippen LogP contribution in [0.3, 0.4) is 0 Å². The van der Waals surface area contributed by atoms with Crippen molar-refractivity contribution in [1.82, 2.24) is 20.0 Å². The van der Waals surface area contributed by atoms with Gasteiger partial charge in [-0.25, -0.2) is 9.59 Å². The molecule has 1 aromatic rings. The Morgan fingerprint density at radius 2 is 2.15 bits per heavy atom. The van der Waals surface area contributed by atoms with Crippen molar-refractivity contribution in [1.29, 1.82) is 0 Å². The predicted molar refractivity (Wildman–Crippen MR) is 74.4 cm³/mol. The maximum Gasteiger partial charge on any atom is 0.329 e. The third-order valence-electron chi connectivity index (χ3n) is 3.34. The zero-order chi connectivity index (χ0) is 15.3. The summed E-state index contributed by atoms with van der Waals surface area (Å²) >= 11 is 0. The lowest BCUT2D eigenvalue weighted by molar-refractivity contribution is -0.147. The number of hydrogen-bond acceptors (Lipinski definition) is 3. The molecule has 0 fully saturated rings. The zero-order valence-corrected chi connectivity index (χ0v) is 12.4. The number of carboxylic acids is 1. The standard InChI is InChI=1S/C13H22N4O3/c1-5-17(13(2,3)11(18)19)12(20)14-8-6-10-7-9-15-16(10)4/h7,9H,5-6,8H2,1-4H3,(H,14,20)(H,18,19). The number of nitrogens with one attached hydrogen (secondary N) is 1. The van der Waals surface area contributed by atoms with Crippen molar-refractivity contribution >= 4 is 12.0 Å². The molecule has 7 heteroatoms. The van der Waals surface area contributed by atoms with Crippen LogP contribution in [0, 0.1) is 0 Å². The first-order chi connectivity index (χ1) is 9.30. The predicted octanol–water partition coefficient (Wildman–Crippen LogP) is 0.857. The highest BCUT2D eigenvalue weighted by molar-refractivity contribution is 5.85. The molecule has 20 heavy (non-hydrogen) atoms. The molecule has 0 unspecified atom stereocenters. The average molecular weight is 282 g/mol. The Balaban J connectivity index is 2.56. The maximum absolute atomic E-state index is 12.1. The normalized spacial score (nSPS) is 11.2. The SMILES string of the molecule is CCN(C(=O)NCCc1ccnn1C)C(C)(C)C(=O)O. The summed E-state index contributed by atoms with van der Waals surface area (Å²) in [6.07, 6.45) is 2.34. The van der Waals surface area contributed by atoms with Crippen molar-refractivity contribution < 1.29 is 14.7 Å². The molecule has 0 aliphatic heterocycles. The van der Waals surface area contributed by atoms with E-state index in [4.69, 9.17) is 0 Å². The average Bonchev–Trinajstić information content (AvgIpc) is 2.75. The van der Waals surface area contributed by atoms with Gasteiger partial charge >= 0.3 is 12.0 Å². The van der Waals surface area contributed by atoms with Crippen LogP contribution in [0.25, 0.3) is 0 Å². The molecule has 2 amide bonds. The summed E-state index contributed by atoms with van der Waals surface area (Å²) < 4.78 is 1.74. The number of nitrogens with zero attached hydrogens (tertiary/aromatic N) is 3. The van der Waals surface area contributed by atoms with Gasteiger partial charge in [-0.05, 0) is 26.8 Å². The van der Waals surface area contributed by atoms with Crippen LogP contribution >= 0.6 is 0 Å². The third kappa shape index (κ3) is 3.49. The van der Waals surface area contributed by atoms with Crippen LogP contribution in [0.2, 0.25) is 0 Å². The summed E-state index contributed by atoms with van der Waals surface area (Å²) in [5, 5.41) is 16.0. The van der Waals surface area contributed by atoms with E-state index in [0.29, 0.717) is 19.5 Å². The second-order valence-corrected chi connectivity index (χ2v) is 5.04. The minimum atomic E-state index is -1.23. The van der Waals surface area contributed by atoms with Crippen LogP contribution in [0.15, 0.2) is 12.3 Å². The zero-order valence-electron chi connectivity index (χ0n) is 12.4. The maximum atomic E-state index is 12.1. The quantitative estimate of drug-likeness (QED) is 0.810. The summed E-state index contributed by atoms with van der Waals surface area (Å²) in [4.78, 5) is 24.6. The van der Waals surface area contributed by atoms with Gasteiger partial charge in [0.05, 0.1) is 0 Å². The molecule has 0 aromatic carbocycles. The Hall–Kier alpha value is -2.05. The van der Waals surface area contributed by atoms with Gasteiger partial charge in [0.2, 0.25) is 0 Å². The van der Waals surface area contributed by atoms with Crippen molar-refractivity contribution in [2.75, 3.05) is 13.1 Å². The molecule has 1 rings (SSSR count). The lowest BCUT2D eigenvalue weighted by Crippen LogP contribution is -2.56. The fourth-order valence-corrected chi connectivity index (χ4v) is 1.95. The Kier molecular flexibility index (Phi) is 5.12. The number of hydrogen-bond donors (Lipinski definition) is 2. The minimum absolute atomic E-state index is 0.330. The highest BCUT2D eigenvalue weighted by Crippen LogP contribution is 2.14. The Morgan fingerprint density at radius 3 is 2.60 bits per heavy atom. The molecule has 2 N–H and O–H groups in total. The van der Waals surface area contributed by atoms with Gasteiger partial charge in [0.25, 0.3) is 0 Å². The lowest BCUT2D eigenvalue weighted by atomic mass is 10.0. The number of likely N-dealkylation sites (N-methyl/N-ethyl adjacent to an activating group) is 1. The molecule has 1 heterocycles. The molecule has 0 saturated carbocycles. The van der Waals surface area contributed by atoms with Gasteiger partial charge in [-0.15, -0.1) is 0 Å². The van der Waals surface area contributed by atoms with Gasteiger partial charge in [-0.2, -0.15) is 5.10 Å². The molecule has 0 spiro atoms. The summed E-state index contributed by atoms with van der Waals surface area (Å²) in [5.74, 6) is -1.03. The highest BCUT2D eigenvalue weighted by atomic mass is 16.4. The van der Waals surface area contributed by atoms with Crippen LogP contribution in [0.4, 0.5) is 4.79 Å². The van der Waals surface area contributed by atoms with E-state index in [2.05, 4.69) is 10.4 Å². The first-order valence-corrected chi connectivity index (χ1v) is 6.56. The van der Waals surface area contributed by atoms with E-state index >= 15 is 0 Å². The van der Waals surface area contributed by atoms with E-state index in [-0.39, 0.29) is 6.03 Å². The van der Waals surface area contributed by atoms with E-state index < -0.39 is 11.5 Å². The summed E-state index contributed by atoms with van der Waals surface area (Å²) in [5.41, 5.74) is -0.225. The molecule has 0 aliphatic rings. The Morgan fingerprint density at radius 1 is 1.50 bits per heavy atom. The van der Waals surface area contributed by atoms with Crippen LogP contribution in [0.5, 0.6) is 0 Å². The minimum Gasteiger partial charge on any atom is -0.480 e. The smallest absolute Gasteiger partial charge is 0.329 e. The molecular weight excluding hydrogens is 260 g/mol. The summed E-state index contributed by atoms with van der Waals surface area (Å²) in [6.45, 7) is 5.55. The van der Waals surface area contributed by atoms with E-state index in [0.717, 1.165) is 5.69 Å². The van der Waals surface area contributed by atoms with Gasteiger partial charge < -0.3 is 15.3 Å². The van der Waals surface area contributed by atoms with Crippen LogP contribution in [0.1, 0.15) is 26.5 Å². The monoisotopic (exact) mass is 282 g/mol. The second kappa shape index (κ2) is 6.40. The van der Waals surface area contributed by atoms with Gasteiger partial charge in [0.1, 0.15) is 5.54 Å². The molecule has 0 saturated heterocycles. The molecule has 0 atom stereocenters. The topological polar surface area (TPSA) is 87.5 Å². The molecular formula is C13H22N4O3. The number of amides is 2. The largest absolute Gasteiger partial charge is 0.480 e. The van der Waals surface area contributed by atoms with Crippen molar-refractivity contribution in [2.24, 2.45) is 7.05 Å².